The van der Waals surface area contributed by atoms with Crippen LogP contribution in [0.2, 0.25) is 0 Å². The van der Waals surface area contributed by atoms with E-state index in [1.165, 1.54) is 7.11 Å². The van der Waals surface area contributed by atoms with Gasteiger partial charge in [-0.1, -0.05) is 0 Å². The minimum absolute atomic E-state index is 0.291. The molecule has 0 saturated carbocycles. The van der Waals surface area contributed by atoms with E-state index in [-0.39, 0.29) is 11.9 Å². The first-order valence-electron chi connectivity index (χ1n) is 5.98. The van der Waals surface area contributed by atoms with Gasteiger partial charge in [0.25, 0.3) is 0 Å². The van der Waals surface area contributed by atoms with Crippen LogP contribution in [0.1, 0.15) is 27.2 Å². The summed E-state index contributed by atoms with van der Waals surface area (Å²) in [4.78, 5) is 23.2. The molecule has 1 amide bonds. The maximum Gasteiger partial charge on any atom is 0.407 e. The number of nitrogens with one attached hydrogen (secondary N) is 1. The molecule has 1 N–H and O–H groups in total. The minimum Gasteiger partial charge on any atom is -0.469 e. The summed E-state index contributed by atoms with van der Waals surface area (Å²) in [6.45, 7) is 6.12. The van der Waals surface area contributed by atoms with Crippen LogP contribution >= 0.6 is 0 Å². The van der Waals surface area contributed by atoms with Crippen LogP contribution in [0.5, 0.6) is 0 Å². The van der Waals surface area contributed by atoms with Gasteiger partial charge >= 0.3 is 12.1 Å². The SMILES string of the molecule is COC(=O)[C@H]1CCOC[C@H]1NC(=O)OC(C)(C)C. The van der Waals surface area contributed by atoms with Crippen molar-refractivity contribution < 1.29 is 23.8 Å². The first kappa shape index (κ1) is 14.8. The Labute approximate surface area is 107 Å². The van der Waals surface area contributed by atoms with Gasteiger partial charge in [-0.05, 0) is 27.2 Å². The maximum atomic E-state index is 11.6. The number of rotatable bonds is 2. The van der Waals surface area contributed by atoms with Crippen molar-refractivity contribution in [2.75, 3.05) is 20.3 Å². The lowest BCUT2D eigenvalue weighted by Crippen LogP contribution is -2.50. The molecule has 1 heterocycles. The van der Waals surface area contributed by atoms with Crippen LogP contribution in [0, 0.1) is 5.92 Å². The normalized spacial score (nSPS) is 24.2. The molecular formula is C12H21NO5. The number of hydrogen-bond donors (Lipinski definition) is 1. The molecule has 0 radical (unpaired) electrons. The average molecular weight is 259 g/mol. The number of esters is 1. The second-order valence-corrected chi connectivity index (χ2v) is 5.25. The largest absolute Gasteiger partial charge is 0.469 e. The monoisotopic (exact) mass is 259 g/mol. The summed E-state index contributed by atoms with van der Waals surface area (Å²) in [6.07, 6.45) is -0.0143. The van der Waals surface area contributed by atoms with E-state index >= 15 is 0 Å². The lowest BCUT2D eigenvalue weighted by atomic mass is 9.95. The molecular weight excluding hydrogens is 238 g/mol. The molecule has 18 heavy (non-hydrogen) atoms. The van der Waals surface area contributed by atoms with Crippen molar-refractivity contribution in [1.29, 1.82) is 0 Å². The molecule has 0 aromatic rings. The minimum atomic E-state index is -0.569. The molecule has 6 nitrogen and oxygen atoms in total. The van der Waals surface area contributed by atoms with Gasteiger partial charge in [-0.3, -0.25) is 4.79 Å². The van der Waals surface area contributed by atoms with Crippen LogP contribution in [0.15, 0.2) is 0 Å². The van der Waals surface area contributed by atoms with Crippen LogP contribution in [0.3, 0.4) is 0 Å². The number of ether oxygens (including phenoxy) is 3. The number of carbonyl (C=O) groups excluding carboxylic acids is 2. The third-order valence-electron chi connectivity index (χ3n) is 2.56. The quantitative estimate of drug-likeness (QED) is 0.751. The smallest absolute Gasteiger partial charge is 0.407 e. The molecule has 0 aliphatic carbocycles. The third kappa shape index (κ3) is 4.52. The molecule has 1 aliphatic heterocycles. The lowest BCUT2D eigenvalue weighted by molar-refractivity contribution is -0.150. The van der Waals surface area contributed by atoms with Crippen LogP contribution in [-0.2, 0) is 19.0 Å². The zero-order chi connectivity index (χ0) is 13.8. The topological polar surface area (TPSA) is 73.9 Å². The Kier molecular flexibility index (Phi) is 4.95. The van der Waals surface area contributed by atoms with Crippen LogP contribution in [0.25, 0.3) is 0 Å². The second-order valence-electron chi connectivity index (χ2n) is 5.25. The molecule has 1 fully saturated rings. The highest BCUT2D eigenvalue weighted by Crippen LogP contribution is 2.18. The molecule has 104 valence electrons. The highest BCUT2D eigenvalue weighted by molar-refractivity contribution is 5.75. The van der Waals surface area contributed by atoms with E-state index in [0.29, 0.717) is 19.6 Å². The van der Waals surface area contributed by atoms with Crippen molar-refractivity contribution in [2.45, 2.75) is 38.8 Å². The fraction of sp³-hybridized carbons (Fsp3) is 0.833. The molecule has 0 unspecified atom stereocenters. The Morgan fingerprint density at radius 2 is 2.00 bits per heavy atom. The first-order valence-corrected chi connectivity index (χ1v) is 5.98. The van der Waals surface area contributed by atoms with E-state index in [9.17, 15) is 9.59 Å². The zero-order valence-corrected chi connectivity index (χ0v) is 11.3. The average Bonchev–Trinajstić information content (AvgIpc) is 2.26. The van der Waals surface area contributed by atoms with E-state index in [2.05, 4.69) is 5.32 Å². The number of alkyl carbamates (subject to hydrolysis) is 1. The zero-order valence-electron chi connectivity index (χ0n) is 11.3. The van der Waals surface area contributed by atoms with Gasteiger partial charge < -0.3 is 19.5 Å². The van der Waals surface area contributed by atoms with Crippen molar-refractivity contribution in [3.05, 3.63) is 0 Å². The van der Waals surface area contributed by atoms with Gasteiger partial charge in [-0.25, -0.2) is 4.79 Å². The van der Waals surface area contributed by atoms with Crippen LogP contribution in [-0.4, -0.2) is 44.0 Å². The molecule has 0 spiro atoms. The second kappa shape index (κ2) is 6.04. The summed E-state index contributed by atoms with van der Waals surface area (Å²) in [5.41, 5.74) is -0.569. The maximum absolute atomic E-state index is 11.6. The van der Waals surface area contributed by atoms with Crippen LogP contribution < -0.4 is 5.32 Å². The molecule has 1 saturated heterocycles. The molecule has 0 aromatic carbocycles. The fourth-order valence-electron chi connectivity index (χ4n) is 1.77. The molecule has 1 aliphatic rings. The van der Waals surface area contributed by atoms with Gasteiger partial charge in [-0.2, -0.15) is 0 Å². The van der Waals surface area contributed by atoms with E-state index in [0.717, 1.165) is 0 Å². The fourth-order valence-corrected chi connectivity index (χ4v) is 1.77. The van der Waals surface area contributed by atoms with E-state index in [4.69, 9.17) is 14.2 Å². The van der Waals surface area contributed by atoms with Gasteiger partial charge in [0.15, 0.2) is 0 Å². The Morgan fingerprint density at radius 3 is 2.56 bits per heavy atom. The first-order chi connectivity index (χ1) is 8.33. The molecule has 0 aromatic heterocycles. The molecule has 1 rings (SSSR count). The summed E-state index contributed by atoms with van der Waals surface area (Å²) in [6, 6.07) is -0.402. The summed E-state index contributed by atoms with van der Waals surface area (Å²) >= 11 is 0. The van der Waals surface area contributed by atoms with Crippen molar-refractivity contribution in [3.8, 4) is 0 Å². The van der Waals surface area contributed by atoms with Gasteiger partial charge in [0, 0.05) is 6.61 Å². The predicted octanol–water partition coefficient (Wildman–Crippen LogP) is 1.09. The highest BCUT2D eigenvalue weighted by Gasteiger charge is 2.34. The summed E-state index contributed by atoms with van der Waals surface area (Å²) < 4.78 is 15.1. The van der Waals surface area contributed by atoms with Crippen LogP contribution in [0.4, 0.5) is 4.79 Å². The summed E-state index contributed by atoms with van der Waals surface area (Å²) in [5, 5.41) is 2.65. The van der Waals surface area contributed by atoms with Gasteiger partial charge in [0.05, 0.1) is 25.7 Å². The van der Waals surface area contributed by atoms with E-state index in [1.807, 2.05) is 0 Å². The Morgan fingerprint density at radius 1 is 1.33 bits per heavy atom. The predicted molar refractivity (Wildman–Crippen MR) is 64.1 cm³/mol. The van der Waals surface area contributed by atoms with Crippen molar-refractivity contribution >= 4 is 12.1 Å². The summed E-state index contributed by atoms with van der Waals surface area (Å²) in [7, 11) is 1.34. The van der Waals surface area contributed by atoms with Gasteiger partial charge in [0.1, 0.15) is 5.60 Å². The Hall–Kier alpha value is -1.30. The van der Waals surface area contributed by atoms with E-state index < -0.39 is 17.7 Å². The Bertz CT molecular complexity index is 310. The number of carbonyl (C=O) groups is 2. The van der Waals surface area contributed by atoms with Crippen molar-refractivity contribution in [3.63, 3.8) is 0 Å². The lowest BCUT2D eigenvalue weighted by Gasteiger charge is -2.31. The Balaban J connectivity index is 2.57. The summed E-state index contributed by atoms with van der Waals surface area (Å²) in [5.74, 6) is -0.712. The highest BCUT2D eigenvalue weighted by atomic mass is 16.6. The number of hydrogen-bond acceptors (Lipinski definition) is 5. The number of amides is 1. The number of methoxy groups -OCH3 is 1. The molecule has 0 bridgehead atoms. The molecule has 2 atom stereocenters. The van der Waals surface area contributed by atoms with E-state index in [1.54, 1.807) is 20.8 Å². The van der Waals surface area contributed by atoms with Gasteiger partial charge in [0.2, 0.25) is 0 Å². The molecule has 6 heteroatoms. The van der Waals surface area contributed by atoms with Crippen molar-refractivity contribution in [2.24, 2.45) is 5.92 Å². The van der Waals surface area contributed by atoms with Gasteiger partial charge in [-0.15, -0.1) is 0 Å². The third-order valence-corrected chi connectivity index (χ3v) is 2.56. The van der Waals surface area contributed by atoms with Crippen molar-refractivity contribution in [1.82, 2.24) is 5.32 Å². The standard InChI is InChI=1S/C12H21NO5/c1-12(2,3)18-11(15)13-9-7-17-6-5-8(9)10(14)16-4/h8-9H,5-7H2,1-4H3,(H,13,15)/t8-,9+/m0/s1.